The first kappa shape index (κ1) is 16.3. The molecule has 0 bridgehead atoms. The van der Waals surface area contributed by atoms with Gasteiger partial charge in [0.1, 0.15) is 11.2 Å². The lowest BCUT2D eigenvalue weighted by atomic mass is 9.78. The number of rotatable bonds is 3. The topological polar surface area (TPSA) is 17.1 Å². The summed E-state index contributed by atoms with van der Waals surface area (Å²) in [6, 6.07) is 5.12. The summed E-state index contributed by atoms with van der Waals surface area (Å²) in [5, 5.41) is -1.03. The zero-order valence-electron chi connectivity index (χ0n) is 11.2. The van der Waals surface area contributed by atoms with E-state index in [9.17, 15) is 22.4 Å². The molecule has 1 aromatic rings. The van der Waals surface area contributed by atoms with Gasteiger partial charge in [-0.05, 0) is 37.0 Å². The lowest BCUT2D eigenvalue weighted by molar-refractivity contribution is -0.186. The van der Waals surface area contributed by atoms with Gasteiger partial charge in [-0.3, -0.25) is 4.79 Å². The Kier molecular flexibility index (Phi) is 4.91. The smallest absolute Gasteiger partial charge is 0.297 e. The van der Waals surface area contributed by atoms with E-state index < -0.39 is 35.0 Å². The fraction of sp³-hybridized carbons (Fsp3) is 0.533. The van der Waals surface area contributed by atoms with Gasteiger partial charge in [0.15, 0.2) is 5.78 Å². The lowest BCUT2D eigenvalue weighted by Gasteiger charge is -2.30. The van der Waals surface area contributed by atoms with Gasteiger partial charge >= 0.3 is 6.18 Å². The van der Waals surface area contributed by atoms with Crippen molar-refractivity contribution in [1.82, 2.24) is 0 Å². The molecule has 2 rings (SSSR count). The van der Waals surface area contributed by atoms with Crippen molar-refractivity contribution < 1.29 is 22.4 Å². The Hall–Kier alpha value is -1.10. The minimum Gasteiger partial charge on any atom is -0.297 e. The summed E-state index contributed by atoms with van der Waals surface area (Å²) in [5.74, 6) is -2.97. The highest BCUT2D eigenvalue weighted by Gasteiger charge is 2.44. The van der Waals surface area contributed by atoms with Gasteiger partial charge < -0.3 is 0 Å². The van der Waals surface area contributed by atoms with Crippen LogP contribution in [0.5, 0.6) is 0 Å². The van der Waals surface area contributed by atoms with E-state index in [2.05, 4.69) is 0 Å². The Morgan fingerprint density at radius 2 is 1.81 bits per heavy atom. The molecule has 0 N–H and O–H groups in total. The molecule has 21 heavy (non-hydrogen) atoms. The minimum atomic E-state index is -4.27. The molecule has 116 valence electrons. The van der Waals surface area contributed by atoms with Crippen molar-refractivity contribution in [2.45, 2.75) is 37.2 Å². The maximum Gasteiger partial charge on any atom is 0.391 e. The molecule has 1 nitrogen and oxygen atoms in total. The highest BCUT2D eigenvalue weighted by molar-refractivity contribution is 6.31. The van der Waals surface area contributed by atoms with Gasteiger partial charge in [-0.15, -0.1) is 11.6 Å². The van der Waals surface area contributed by atoms with Gasteiger partial charge in [-0.1, -0.05) is 18.6 Å². The van der Waals surface area contributed by atoms with Gasteiger partial charge in [0.05, 0.1) is 5.92 Å². The molecule has 0 saturated heterocycles. The zero-order valence-corrected chi connectivity index (χ0v) is 11.9. The summed E-state index contributed by atoms with van der Waals surface area (Å²) in [6.07, 6.45) is -3.61. The Labute approximate surface area is 125 Å². The SMILES string of the molecule is O=C(C1CCCC(C(F)(F)F)C1)C(Cl)c1ccc(F)cc1. The van der Waals surface area contributed by atoms with E-state index in [1.807, 2.05) is 0 Å². The third kappa shape index (κ3) is 3.96. The Morgan fingerprint density at radius 3 is 2.38 bits per heavy atom. The van der Waals surface area contributed by atoms with Crippen LogP contribution < -0.4 is 0 Å². The first-order valence-corrected chi connectivity index (χ1v) is 7.22. The van der Waals surface area contributed by atoms with Crippen molar-refractivity contribution in [3.63, 3.8) is 0 Å². The van der Waals surface area contributed by atoms with Crippen LogP contribution in [0.15, 0.2) is 24.3 Å². The zero-order chi connectivity index (χ0) is 15.6. The van der Waals surface area contributed by atoms with E-state index in [1.165, 1.54) is 24.3 Å². The largest absolute Gasteiger partial charge is 0.391 e. The molecular formula is C15H15ClF4O. The standard InChI is InChI=1S/C15H15ClF4O/c16-13(9-4-6-12(17)7-5-9)14(21)10-2-1-3-11(8-10)15(18,19)20/h4-7,10-11,13H,1-3,8H2. The number of benzene rings is 1. The van der Waals surface area contributed by atoms with Crippen molar-refractivity contribution >= 4 is 17.4 Å². The second-order valence-corrected chi connectivity index (χ2v) is 5.85. The number of ketones is 1. The van der Waals surface area contributed by atoms with Gasteiger partial charge in [0.25, 0.3) is 0 Å². The maximum absolute atomic E-state index is 12.8. The van der Waals surface area contributed by atoms with Crippen LogP contribution in [0.2, 0.25) is 0 Å². The fourth-order valence-electron chi connectivity index (χ4n) is 2.75. The highest BCUT2D eigenvalue weighted by Crippen LogP contribution is 2.42. The van der Waals surface area contributed by atoms with Crippen molar-refractivity contribution in [1.29, 1.82) is 0 Å². The van der Waals surface area contributed by atoms with Crippen LogP contribution in [0, 0.1) is 17.7 Å². The lowest BCUT2D eigenvalue weighted by Crippen LogP contribution is -2.32. The van der Waals surface area contributed by atoms with E-state index >= 15 is 0 Å². The molecule has 0 radical (unpaired) electrons. The molecule has 0 amide bonds. The number of carbonyl (C=O) groups excluding carboxylic acids is 1. The molecular weight excluding hydrogens is 308 g/mol. The predicted molar refractivity (Wildman–Crippen MR) is 71.5 cm³/mol. The molecule has 0 spiro atoms. The summed E-state index contributed by atoms with van der Waals surface area (Å²) in [5.41, 5.74) is 0.414. The van der Waals surface area contributed by atoms with Gasteiger partial charge in [0.2, 0.25) is 0 Å². The number of Topliss-reactive ketones (excluding diaryl/α,β-unsaturated/α-hetero) is 1. The number of halogens is 5. The average molecular weight is 323 g/mol. The van der Waals surface area contributed by atoms with Gasteiger partial charge in [0, 0.05) is 5.92 Å². The molecule has 1 saturated carbocycles. The Morgan fingerprint density at radius 1 is 1.19 bits per heavy atom. The van der Waals surface area contributed by atoms with Crippen molar-refractivity contribution in [2.24, 2.45) is 11.8 Å². The van der Waals surface area contributed by atoms with Gasteiger partial charge in [-0.25, -0.2) is 4.39 Å². The van der Waals surface area contributed by atoms with Crippen LogP contribution in [-0.4, -0.2) is 12.0 Å². The summed E-state index contributed by atoms with van der Waals surface area (Å²) in [6.45, 7) is 0. The summed E-state index contributed by atoms with van der Waals surface area (Å²) in [4.78, 5) is 12.3. The normalized spacial score (nSPS) is 24.6. The van der Waals surface area contributed by atoms with Gasteiger partial charge in [-0.2, -0.15) is 13.2 Å². The summed E-state index contributed by atoms with van der Waals surface area (Å²) >= 11 is 6.05. The summed E-state index contributed by atoms with van der Waals surface area (Å²) < 4.78 is 51.1. The predicted octanol–water partition coefficient (Wildman–Crippen LogP) is 5.04. The van der Waals surface area contributed by atoms with Crippen molar-refractivity contribution in [3.05, 3.63) is 35.6 Å². The van der Waals surface area contributed by atoms with Crippen molar-refractivity contribution in [2.75, 3.05) is 0 Å². The van der Waals surface area contributed by atoms with E-state index in [0.717, 1.165) is 0 Å². The summed E-state index contributed by atoms with van der Waals surface area (Å²) in [7, 11) is 0. The molecule has 1 fully saturated rings. The monoisotopic (exact) mass is 322 g/mol. The maximum atomic E-state index is 12.8. The van der Waals surface area contributed by atoms with Crippen LogP contribution in [-0.2, 0) is 4.79 Å². The molecule has 1 aliphatic rings. The molecule has 6 heteroatoms. The second kappa shape index (κ2) is 6.34. The van der Waals surface area contributed by atoms with E-state index in [4.69, 9.17) is 11.6 Å². The van der Waals surface area contributed by atoms with Crippen molar-refractivity contribution in [3.8, 4) is 0 Å². The number of hydrogen-bond donors (Lipinski definition) is 0. The quantitative estimate of drug-likeness (QED) is 0.562. The van der Waals surface area contributed by atoms with Crippen LogP contribution >= 0.6 is 11.6 Å². The Bertz CT molecular complexity index is 497. The minimum absolute atomic E-state index is 0.0663. The van der Waals surface area contributed by atoms with Crippen LogP contribution in [0.4, 0.5) is 17.6 Å². The molecule has 1 aliphatic carbocycles. The van der Waals surface area contributed by atoms with Crippen LogP contribution in [0.25, 0.3) is 0 Å². The number of hydrogen-bond acceptors (Lipinski definition) is 1. The Balaban J connectivity index is 2.07. The fourth-order valence-corrected chi connectivity index (χ4v) is 3.07. The molecule has 3 unspecified atom stereocenters. The second-order valence-electron chi connectivity index (χ2n) is 5.42. The molecule has 1 aromatic carbocycles. The van der Waals surface area contributed by atoms with E-state index in [0.29, 0.717) is 18.4 Å². The third-order valence-electron chi connectivity index (χ3n) is 3.95. The average Bonchev–Trinajstić information content (AvgIpc) is 2.46. The molecule has 0 heterocycles. The highest BCUT2D eigenvalue weighted by atomic mass is 35.5. The number of alkyl halides is 4. The first-order valence-electron chi connectivity index (χ1n) is 6.79. The molecule has 0 aromatic heterocycles. The third-order valence-corrected chi connectivity index (χ3v) is 4.42. The molecule has 3 atom stereocenters. The van der Waals surface area contributed by atoms with E-state index in [-0.39, 0.29) is 12.8 Å². The molecule has 0 aliphatic heterocycles. The van der Waals surface area contributed by atoms with Crippen LogP contribution in [0.3, 0.4) is 0 Å². The number of carbonyl (C=O) groups is 1. The first-order chi connectivity index (χ1) is 9.79. The van der Waals surface area contributed by atoms with Crippen LogP contribution in [0.1, 0.15) is 36.6 Å². The van der Waals surface area contributed by atoms with E-state index in [1.54, 1.807) is 0 Å².